The van der Waals surface area contributed by atoms with Gasteiger partial charge in [0.2, 0.25) is 0 Å². The standard InChI is InChI=1S/C27H37N5O/c1-5-11-32-21(3)16-25(22(32)4)17-26(18-28)27(33)29-19-23-9-7-8-10-24(23)20-31-14-12-30(6-2)13-15-31/h7-10,16-17H,5-6,11-15,19-20H2,1-4H3,(H,29,33)/b26-17+. The number of nitrogens with zero attached hydrogens (tertiary/aromatic N) is 4. The van der Waals surface area contributed by atoms with E-state index in [1.54, 1.807) is 6.08 Å². The highest BCUT2D eigenvalue weighted by Gasteiger charge is 2.17. The van der Waals surface area contributed by atoms with Crippen molar-refractivity contribution in [3.8, 4) is 6.07 Å². The number of nitrogens with one attached hydrogen (secondary N) is 1. The molecule has 6 heteroatoms. The third-order valence-electron chi connectivity index (χ3n) is 6.59. The number of hydrogen-bond donors (Lipinski definition) is 1. The molecule has 1 aromatic carbocycles. The second kappa shape index (κ2) is 11.8. The van der Waals surface area contributed by atoms with Crippen LogP contribution in [0.25, 0.3) is 6.08 Å². The van der Waals surface area contributed by atoms with Gasteiger partial charge in [-0.05, 0) is 55.6 Å². The van der Waals surface area contributed by atoms with Gasteiger partial charge in [0, 0.05) is 57.2 Å². The Morgan fingerprint density at radius 3 is 2.39 bits per heavy atom. The van der Waals surface area contributed by atoms with E-state index in [4.69, 9.17) is 0 Å². The number of benzene rings is 1. The summed E-state index contributed by atoms with van der Waals surface area (Å²) < 4.78 is 2.23. The molecule has 0 unspecified atom stereocenters. The van der Waals surface area contributed by atoms with Gasteiger partial charge >= 0.3 is 0 Å². The van der Waals surface area contributed by atoms with Crippen molar-refractivity contribution in [2.75, 3.05) is 32.7 Å². The van der Waals surface area contributed by atoms with Crippen molar-refractivity contribution < 1.29 is 4.79 Å². The van der Waals surface area contributed by atoms with E-state index in [1.807, 2.05) is 19.1 Å². The first kappa shape index (κ1) is 24.8. The van der Waals surface area contributed by atoms with E-state index < -0.39 is 0 Å². The Morgan fingerprint density at radius 1 is 1.09 bits per heavy atom. The highest BCUT2D eigenvalue weighted by Crippen LogP contribution is 2.19. The first-order valence-corrected chi connectivity index (χ1v) is 12.0. The monoisotopic (exact) mass is 447 g/mol. The van der Waals surface area contributed by atoms with Crippen LogP contribution >= 0.6 is 0 Å². The average Bonchev–Trinajstić information content (AvgIpc) is 3.09. The van der Waals surface area contributed by atoms with Crippen LogP contribution in [0.3, 0.4) is 0 Å². The van der Waals surface area contributed by atoms with Crippen molar-refractivity contribution in [3.63, 3.8) is 0 Å². The molecule has 2 aromatic rings. The lowest BCUT2D eigenvalue weighted by atomic mass is 10.1. The number of rotatable bonds is 9. The van der Waals surface area contributed by atoms with Crippen molar-refractivity contribution in [2.24, 2.45) is 0 Å². The van der Waals surface area contributed by atoms with Crippen molar-refractivity contribution in [3.05, 3.63) is 64.0 Å². The smallest absolute Gasteiger partial charge is 0.262 e. The van der Waals surface area contributed by atoms with E-state index in [1.165, 1.54) is 5.56 Å². The number of amides is 1. The molecule has 0 aliphatic carbocycles. The lowest BCUT2D eigenvalue weighted by molar-refractivity contribution is -0.117. The fourth-order valence-electron chi connectivity index (χ4n) is 4.51. The quantitative estimate of drug-likeness (QED) is 0.468. The highest BCUT2D eigenvalue weighted by molar-refractivity contribution is 6.01. The van der Waals surface area contributed by atoms with Gasteiger partial charge in [-0.25, -0.2) is 0 Å². The number of carbonyl (C=O) groups excluding carboxylic acids is 1. The highest BCUT2D eigenvalue weighted by atomic mass is 16.1. The van der Waals surface area contributed by atoms with E-state index >= 15 is 0 Å². The molecule has 33 heavy (non-hydrogen) atoms. The molecule has 2 heterocycles. The Bertz CT molecular complexity index is 1020. The molecule has 1 fully saturated rings. The Kier molecular flexibility index (Phi) is 8.87. The zero-order chi connectivity index (χ0) is 23.8. The number of likely N-dealkylation sites (N-methyl/N-ethyl adjacent to an activating group) is 1. The fraction of sp³-hybridized carbons (Fsp3) is 0.481. The Labute approximate surface area is 198 Å². The predicted molar refractivity (Wildman–Crippen MR) is 133 cm³/mol. The van der Waals surface area contributed by atoms with Crippen molar-refractivity contribution in [1.29, 1.82) is 5.26 Å². The number of nitriles is 1. The summed E-state index contributed by atoms with van der Waals surface area (Å²) in [6.45, 7) is 16.1. The lowest BCUT2D eigenvalue weighted by Crippen LogP contribution is -2.45. The van der Waals surface area contributed by atoms with E-state index in [-0.39, 0.29) is 11.5 Å². The van der Waals surface area contributed by atoms with E-state index in [0.717, 1.165) is 74.7 Å². The van der Waals surface area contributed by atoms with Crippen LogP contribution in [0.2, 0.25) is 0 Å². The number of piperazine rings is 1. The van der Waals surface area contributed by atoms with Crippen molar-refractivity contribution >= 4 is 12.0 Å². The maximum absolute atomic E-state index is 12.8. The van der Waals surface area contributed by atoms with Crippen LogP contribution in [-0.4, -0.2) is 53.0 Å². The molecule has 6 nitrogen and oxygen atoms in total. The van der Waals surface area contributed by atoms with E-state index in [0.29, 0.717) is 6.54 Å². The summed E-state index contributed by atoms with van der Waals surface area (Å²) in [5.41, 5.74) is 5.63. The van der Waals surface area contributed by atoms with Gasteiger partial charge in [0.1, 0.15) is 11.6 Å². The fourth-order valence-corrected chi connectivity index (χ4v) is 4.51. The summed E-state index contributed by atoms with van der Waals surface area (Å²) in [5, 5.41) is 12.6. The number of hydrogen-bond acceptors (Lipinski definition) is 4. The Morgan fingerprint density at radius 2 is 1.76 bits per heavy atom. The molecule has 1 aromatic heterocycles. The first-order chi connectivity index (χ1) is 16.0. The normalized spacial score (nSPS) is 15.4. The third kappa shape index (κ3) is 6.34. The lowest BCUT2D eigenvalue weighted by Gasteiger charge is -2.34. The summed E-state index contributed by atoms with van der Waals surface area (Å²) in [7, 11) is 0. The van der Waals surface area contributed by atoms with Crippen LogP contribution in [0.1, 0.15) is 48.3 Å². The minimum Gasteiger partial charge on any atom is -0.349 e. The van der Waals surface area contributed by atoms with Crippen LogP contribution in [-0.2, 0) is 24.4 Å². The Balaban J connectivity index is 1.66. The van der Waals surface area contributed by atoms with Gasteiger partial charge in [0.25, 0.3) is 5.91 Å². The van der Waals surface area contributed by atoms with Gasteiger partial charge in [-0.2, -0.15) is 5.26 Å². The largest absolute Gasteiger partial charge is 0.349 e. The number of aromatic nitrogens is 1. The molecule has 1 aliphatic rings. The molecule has 0 atom stereocenters. The van der Waals surface area contributed by atoms with Crippen molar-refractivity contribution in [1.82, 2.24) is 19.7 Å². The minimum absolute atomic E-state index is 0.139. The van der Waals surface area contributed by atoms with Crippen LogP contribution in [0.15, 0.2) is 35.9 Å². The summed E-state index contributed by atoms with van der Waals surface area (Å²) in [6.07, 6.45) is 2.75. The summed E-state index contributed by atoms with van der Waals surface area (Å²) in [4.78, 5) is 17.8. The zero-order valence-corrected chi connectivity index (χ0v) is 20.5. The number of aryl methyl sites for hydroxylation is 1. The molecular formula is C27H37N5O. The van der Waals surface area contributed by atoms with E-state index in [2.05, 4.69) is 64.7 Å². The summed E-state index contributed by atoms with van der Waals surface area (Å²) in [5.74, 6) is -0.329. The molecule has 0 bridgehead atoms. The molecule has 1 amide bonds. The molecule has 1 aliphatic heterocycles. The SMILES string of the molecule is CCCn1c(C)cc(/C=C(\C#N)C(=O)NCc2ccccc2CN2CCN(CC)CC2)c1C. The second-order valence-electron chi connectivity index (χ2n) is 8.81. The van der Waals surface area contributed by atoms with Gasteiger partial charge in [-0.3, -0.25) is 9.69 Å². The van der Waals surface area contributed by atoms with Crippen LogP contribution in [0.5, 0.6) is 0 Å². The molecule has 0 spiro atoms. The van der Waals surface area contributed by atoms with Crippen molar-refractivity contribution in [2.45, 2.75) is 53.8 Å². The van der Waals surface area contributed by atoms with E-state index in [9.17, 15) is 10.1 Å². The molecule has 3 rings (SSSR count). The maximum Gasteiger partial charge on any atom is 0.262 e. The molecule has 1 N–H and O–H groups in total. The summed E-state index contributed by atoms with van der Waals surface area (Å²) >= 11 is 0. The topological polar surface area (TPSA) is 64.3 Å². The zero-order valence-electron chi connectivity index (χ0n) is 20.5. The molecule has 0 saturated carbocycles. The van der Waals surface area contributed by atoms with Crippen LogP contribution in [0.4, 0.5) is 0 Å². The Hall–Kier alpha value is -2.88. The molecular weight excluding hydrogens is 410 g/mol. The second-order valence-corrected chi connectivity index (χ2v) is 8.81. The van der Waals surface area contributed by atoms with Gasteiger partial charge < -0.3 is 14.8 Å². The minimum atomic E-state index is -0.329. The van der Waals surface area contributed by atoms with Gasteiger partial charge in [0.15, 0.2) is 0 Å². The number of carbonyl (C=O) groups is 1. The molecule has 1 saturated heterocycles. The third-order valence-corrected chi connectivity index (χ3v) is 6.59. The van der Waals surface area contributed by atoms with Crippen LogP contribution < -0.4 is 5.32 Å². The predicted octanol–water partition coefficient (Wildman–Crippen LogP) is 3.88. The summed E-state index contributed by atoms with van der Waals surface area (Å²) in [6, 6.07) is 12.4. The van der Waals surface area contributed by atoms with Gasteiger partial charge in [-0.15, -0.1) is 0 Å². The maximum atomic E-state index is 12.8. The van der Waals surface area contributed by atoms with Gasteiger partial charge in [0.05, 0.1) is 0 Å². The average molecular weight is 448 g/mol. The first-order valence-electron chi connectivity index (χ1n) is 12.0. The molecule has 176 valence electrons. The molecule has 0 radical (unpaired) electrons. The van der Waals surface area contributed by atoms with Crippen LogP contribution in [0, 0.1) is 25.2 Å². The van der Waals surface area contributed by atoms with Gasteiger partial charge in [-0.1, -0.05) is 38.1 Å².